The van der Waals surface area contributed by atoms with Gasteiger partial charge in [0.05, 0.1) is 7.11 Å². The van der Waals surface area contributed by atoms with Crippen LogP contribution in [0.3, 0.4) is 0 Å². The number of hydrogen-bond donors (Lipinski definition) is 4. The maximum absolute atomic E-state index is 12.0. The molecule has 5 N–H and O–H groups in total. The van der Waals surface area contributed by atoms with Crippen LogP contribution in [-0.2, 0) is 25.5 Å². The number of rotatable bonds is 6. The fourth-order valence-corrected chi connectivity index (χ4v) is 1.61. The average Bonchev–Trinajstić information content (AvgIpc) is 2.47. The highest BCUT2D eigenvalue weighted by Gasteiger charge is 2.34. The number of hydrogen-bond acceptors (Lipinski definition) is 8. The van der Waals surface area contributed by atoms with Crippen molar-refractivity contribution in [2.75, 3.05) is 13.7 Å². The molecule has 0 saturated heterocycles. The molecule has 0 saturated carbocycles. The average molecular weight is 298 g/mol. The van der Waals surface area contributed by atoms with Crippen LogP contribution in [0.4, 0.5) is 0 Å². The number of nitrogens with two attached hydrogens (primary N) is 1. The number of methoxy groups -OCH3 is 1. The van der Waals surface area contributed by atoms with Gasteiger partial charge in [-0.05, 0) is 24.6 Å². The van der Waals surface area contributed by atoms with Crippen LogP contribution in [0.1, 0.15) is 12.5 Å². The van der Waals surface area contributed by atoms with E-state index >= 15 is 0 Å². The molecule has 1 aromatic carbocycles. The first-order chi connectivity index (χ1) is 9.82. The fraction of sp³-hybridized carbons (Fsp3) is 0.385. The number of carbonyl (C=O) groups is 2. The van der Waals surface area contributed by atoms with Crippen LogP contribution in [-0.4, -0.2) is 41.4 Å². The summed E-state index contributed by atoms with van der Waals surface area (Å²) in [5.41, 5.74) is 1.57. The van der Waals surface area contributed by atoms with E-state index in [2.05, 4.69) is 10.2 Å². The van der Waals surface area contributed by atoms with Crippen LogP contribution in [0.25, 0.3) is 0 Å². The lowest BCUT2D eigenvalue weighted by Crippen LogP contribution is -2.55. The summed E-state index contributed by atoms with van der Waals surface area (Å²) in [5.74, 6) is 3.37. The molecule has 0 radical (unpaired) electrons. The molecule has 0 aromatic heterocycles. The van der Waals surface area contributed by atoms with Crippen molar-refractivity contribution in [3.8, 4) is 11.5 Å². The minimum absolute atomic E-state index is 0.0807. The van der Waals surface area contributed by atoms with Gasteiger partial charge in [-0.25, -0.2) is 15.0 Å². The standard InChI is InChI=1S/C13H18N2O6/c1-13(15-14,12(19)21-7-11(18)20-2)6-8-3-4-9(16)10(17)5-8/h3-5,15-17H,6-7,14H2,1-2H3. The Morgan fingerprint density at radius 1 is 1.33 bits per heavy atom. The molecular weight excluding hydrogens is 280 g/mol. The number of nitrogens with one attached hydrogen (secondary N) is 1. The number of phenolic OH excluding ortho intramolecular Hbond substituents is 2. The molecule has 0 aliphatic heterocycles. The first-order valence-electron chi connectivity index (χ1n) is 6.05. The van der Waals surface area contributed by atoms with Gasteiger partial charge in [0.2, 0.25) is 0 Å². The Kier molecular flexibility index (Phi) is 5.51. The van der Waals surface area contributed by atoms with Gasteiger partial charge in [-0.15, -0.1) is 0 Å². The Morgan fingerprint density at radius 2 is 2.00 bits per heavy atom. The molecule has 0 bridgehead atoms. The number of carbonyl (C=O) groups excluding carboxylic acids is 2. The number of hydrazine groups is 1. The third-order valence-corrected chi connectivity index (χ3v) is 2.92. The second kappa shape index (κ2) is 6.91. The molecule has 8 heteroatoms. The Labute approximate surface area is 121 Å². The molecule has 1 unspecified atom stereocenters. The maximum atomic E-state index is 12.0. The molecule has 0 amide bonds. The monoisotopic (exact) mass is 298 g/mol. The van der Waals surface area contributed by atoms with Crippen molar-refractivity contribution >= 4 is 11.9 Å². The van der Waals surface area contributed by atoms with Gasteiger partial charge in [0.1, 0.15) is 5.54 Å². The quantitative estimate of drug-likeness (QED) is 0.241. The van der Waals surface area contributed by atoms with Gasteiger partial charge >= 0.3 is 11.9 Å². The van der Waals surface area contributed by atoms with Crippen molar-refractivity contribution in [2.45, 2.75) is 18.9 Å². The molecule has 0 aliphatic rings. The van der Waals surface area contributed by atoms with E-state index in [0.29, 0.717) is 5.56 Å². The highest BCUT2D eigenvalue weighted by molar-refractivity contribution is 5.83. The van der Waals surface area contributed by atoms with E-state index < -0.39 is 24.1 Å². The molecule has 0 fully saturated rings. The van der Waals surface area contributed by atoms with Gasteiger partial charge in [0.15, 0.2) is 18.1 Å². The number of aromatic hydroxyl groups is 2. The predicted molar refractivity (Wildman–Crippen MR) is 72.2 cm³/mol. The van der Waals surface area contributed by atoms with Crippen LogP contribution >= 0.6 is 0 Å². The zero-order valence-electron chi connectivity index (χ0n) is 11.8. The maximum Gasteiger partial charge on any atom is 0.344 e. The highest BCUT2D eigenvalue weighted by atomic mass is 16.6. The van der Waals surface area contributed by atoms with Gasteiger partial charge < -0.3 is 19.7 Å². The molecule has 0 aliphatic carbocycles. The molecule has 1 atom stereocenters. The summed E-state index contributed by atoms with van der Waals surface area (Å²) in [4.78, 5) is 22.9. The number of esters is 2. The molecule has 1 rings (SSSR count). The van der Waals surface area contributed by atoms with Crippen LogP contribution in [0.15, 0.2) is 18.2 Å². The number of phenols is 2. The van der Waals surface area contributed by atoms with Gasteiger partial charge in [-0.1, -0.05) is 6.07 Å². The Balaban J connectivity index is 2.80. The first-order valence-corrected chi connectivity index (χ1v) is 6.05. The molecule has 21 heavy (non-hydrogen) atoms. The predicted octanol–water partition coefficient (Wildman–Crippen LogP) is -0.421. The van der Waals surface area contributed by atoms with Gasteiger partial charge in [-0.2, -0.15) is 0 Å². The second-order valence-corrected chi connectivity index (χ2v) is 4.63. The lowest BCUT2D eigenvalue weighted by molar-refractivity contribution is -0.161. The molecule has 8 nitrogen and oxygen atoms in total. The minimum atomic E-state index is -1.31. The second-order valence-electron chi connectivity index (χ2n) is 4.63. The SMILES string of the molecule is COC(=O)COC(=O)C(C)(Cc1ccc(O)c(O)c1)NN. The third kappa shape index (κ3) is 4.33. The molecule has 0 spiro atoms. The van der Waals surface area contributed by atoms with Gasteiger partial charge in [0.25, 0.3) is 0 Å². The summed E-state index contributed by atoms with van der Waals surface area (Å²) < 4.78 is 9.17. The van der Waals surface area contributed by atoms with E-state index in [0.717, 1.165) is 0 Å². The molecular formula is C13H18N2O6. The van der Waals surface area contributed by atoms with E-state index in [1.54, 1.807) is 0 Å². The third-order valence-electron chi connectivity index (χ3n) is 2.92. The summed E-state index contributed by atoms with van der Waals surface area (Å²) in [6.07, 6.45) is 0.0807. The van der Waals surface area contributed by atoms with Crippen molar-refractivity contribution < 1.29 is 29.3 Å². The highest BCUT2D eigenvalue weighted by Crippen LogP contribution is 2.26. The van der Waals surface area contributed by atoms with E-state index in [9.17, 15) is 19.8 Å². The Hall–Kier alpha value is -2.32. The first kappa shape index (κ1) is 16.7. The van der Waals surface area contributed by atoms with Crippen LogP contribution in [0, 0.1) is 0 Å². The zero-order valence-corrected chi connectivity index (χ0v) is 11.8. The summed E-state index contributed by atoms with van der Waals surface area (Å²) in [7, 11) is 1.18. The Morgan fingerprint density at radius 3 is 2.52 bits per heavy atom. The smallest absolute Gasteiger partial charge is 0.344 e. The van der Waals surface area contributed by atoms with Crippen molar-refractivity contribution in [1.82, 2.24) is 5.43 Å². The largest absolute Gasteiger partial charge is 0.504 e. The van der Waals surface area contributed by atoms with Crippen molar-refractivity contribution in [3.63, 3.8) is 0 Å². The number of ether oxygens (including phenoxy) is 2. The van der Waals surface area contributed by atoms with Crippen LogP contribution < -0.4 is 11.3 Å². The van der Waals surface area contributed by atoms with Crippen LogP contribution in [0.2, 0.25) is 0 Å². The van der Waals surface area contributed by atoms with Crippen molar-refractivity contribution in [2.24, 2.45) is 5.84 Å². The summed E-state index contributed by atoms with van der Waals surface area (Å²) in [6, 6.07) is 4.12. The fourth-order valence-electron chi connectivity index (χ4n) is 1.61. The Bertz CT molecular complexity index is 533. The summed E-state index contributed by atoms with van der Waals surface area (Å²) in [5, 5.41) is 18.7. The number of benzene rings is 1. The summed E-state index contributed by atoms with van der Waals surface area (Å²) >= 11 is 0. The normalized spacial score (nSPS) is 13.3. The minimum Gasteiger partial charge on any atom is -0.504 e. The van der Waals surface area contributed by atoms with Gasteiger partial charge in [0, 0.05) is 6.42 Å². The van der Waals surface area contributed by atoms with E-state index in [4.69, 9.17) is 10.6 Å². The van der Waals surface area contributed by atoms with E-state index in [1.165, 1.54) is 32.2 Å². The van der Waals surface area contributed by atoms with Crippen LogP contribution in [0.5, 0.6) is 11.5 Å². The lowest BCUT2D eigenvalue weighted by Gasteiger charge is -2.26. The zero-order chi connectivity index (χ0) is 16.0. The summed E-state index contributed by atoms with van der Waals surface area (Å²) in [6.45, 7) is 0.962. The molecule has 116 valence electrons. The van der Waals surface area contributed by atoms with Gasteiger partial charge in [-0.3, -0.25) is 5.84 Å². The van der Waals surface area contributed by atoms with E-state index in [1.807, 2.05) is 0 Å². The topological polar surface area (TPSA) is 131 Å². The molecule has 0 heterocycles. The van der Waals surface area contributed by atoms with E-state index in [-0.39, 0.29) is 17.9 Å². The molecule has 1 aromatic rings. The van der Waals surface area contributed by atoms with Crippen molar-refractivity contribution in [1.29, 1.82) is 0 Å². The lowest BCUT2D eigenvalue weighted by atomic mass is 9.93. The van der Waals surface area contributed by atoms with Crippen molar-refractivity contribution in [3.05, 3.63) is 23.8 Å².